The van der Waals surface area contributed by atoms with Crippen LogP contribution in [0.25, 0.3) is 33.4 Å². The molecule has 2 aromatic carbocycles. The van der Waals surface area contributed by atoms with Crippen LogP contribution in [0.3, 0.4) is 0 Å². The number of fused-ring (bicyclic) bond motifs is 10. The number of imidazole rings is 2. The molecule has 0 spiro atoms. The first-order valence-corrected chi connectivity index (χ1v) is 20.5. The van der Waals surface area contributed by atoms with Gasteiger partial charge in [-0.25, -0.2) is 9.97 Å². The van der Waals surface area contributed by atoms with Crippen LogP contribution in [0.2, 0.25) is 5.02 Å². The van der Waals surface area contributed by atoms with Crippen LogP contribution in [-0.4, -0.2) is 82.3 Å². The Bertz CT molecular complexity index is 2230. The van der Waals surface area contributed by atoms with Crippen LogP contribution in [-0.2, 0) is 25.9 Å². The molecule has 4 fully saturated rings. The van der Waals surface area contributed by atoms with Gasteiger partial charge in [-0.1, -0.05) is 39.3 Å². The van der Waals surface area contributed by atoms with Crippen molar-refractivity contribution >= 4 is 46.4 Å². The summed E-state index contributed by atoms with van der Waals surface area (Å²) in [6.45, 7) is 2.22. The standard InChI is InChI=1S/C21H23N3O.C17H20ClN3.C4H5BO3.2CH4/c1-3-15(4-1)24-16-7-8-17(24)13-23-19-9-6-14(20-5-2-10-25-20)11-18(19)22-21(23)12-16;18-11-4-7-16-15(8-11)19-17-9-13-5-6-14(10-20(16)17)21(13)12-2-1-3-12;6-5(7)4-2-1-3-8-4;;/h2,5-6,9-11,15-17H,1,3-4,7-8,12-13H2;4,7-8,12-14H,1-3,5-6,9-10H2;1-3,6-7H;2*1H4. The Labute approximate surface area is 335 Å². The van der Waals surface area contributed by atoms with Crippen molar-refractivity contribution in [3.63, 3.8) is 0 Å². The SMILES string of the molecule is C.C.Clc1ccc2c(c1)nc1n2CC2CCC(C1)N2C1CCC1.OB(O)c1ccco1.c1coc(-c2ccc3c(c2)nc2n3CC3CCC(C2)N3C2CCC2)c1. The summed E-state index contributed by atoms with van der Waals surface area (Å²) in [5, 5.41) is 17.5. The van der Waals surface area contributed by atoms with E-state index in [1.54, 1.807) is 12.3 Å². The van der Waals surface area contributed by atoms with Crippen molar-refractivity contribution in [2.24, 2.45) is 0 Å². The van der Waals surface area contributed by atoms with Crippen molar-refractivity contribution in [3.8, 4) is 11.3 Å². The molecule has 8 heterocycles. The molecule has 4 aliphatic heterocycles. The van der Waals surface area contributed by atoms with Gasteiger partial charge in [-0.05, 0) is 112 Å². The number of nitrogens with zero attached hydrogens (tertiary/aromatic N) is 6. The van der Waals surface area contributed by atoms with Gasteiger partial charge in [0.2, 0.25) is 0 Å². The van der Waals surface area contributed by atoms with Gasteiger partial charge in [0.15, 0.2) is 0 Å². The third-order valence-corrected chi connectivity index (χ3v) is 13.4. The van der Waals surface area contributed by atoms with E-state index < -0.39 is 7.12 Å². The van der Waals surface area contributed by atoms with Crippen LogP contribution in [0.15, 0.2) is 82.0 Å². The van der Waals surface area contributed by atoms with Crippen LogP contribution in [0, 0.1) is 0 Å². The lowest BCUT2D eigenvalue weighted by Crippen LogP contribution is -2.48. The van der Waals surface area contributed by atoms with Crippen molar-refractivity contribution in [2.45, 2.75) is 141 Å². The average Bonchev–Trinajstić information content (AvgIpc) is 3.96. The van der Waals surface area contributed by atoms with E-state index in [2.05, 4.69) is 47.6 Å². The first-order chi connectivity index (χ1) is 26.5. The maximum Gasteiger partial charge on any atom is 0.526 e. The van der Waals surface area contributed by atoms with Crippen LogP contribution in [0.5, 0.6) is 0 Å². The summed E-state index contributed by atoms with van der Waals surface area (Å²) >= 11 is 6.12. The Kier molecular flexibility index (Phi) is 11.3. The van der Waals surface area contributed by atoms with Crippen LogP contribution < -0.4 is 5.66 Å². The molecule has 10 nitrogen and oxygen atoms in total. The minimum atomic E-state index is -1.48. The number of rotatable bonds is 4. The first kappa shape index (κ1) is 39.0. The maximum atomic E-state index is 8.37. The Balaban J connectivity index is 0.000000129. The topological polar surface area (TPSA) is 109 Å². The van der Waals surface area contributed by atoms with Gasteiger partial charge in [0.1, 0.15) is 23.1 Å². The molecule has 2 saturated heterocycles. The van der Waals surface area contributed by atoms with Gasteiger partial charge in [-0.2, -0.15) is 0 Å². The molecular weight excluding hydrogens is 723 g/mol. The van der Waals surface area contributed by atoms with E-state index in [0.717, 1.165) is 71.4 Å². The van der Waals surface area contributed by atoms with Gasteiger partial charge in [0.05, 0.1) is 34.6 Å². The Morgan fingerprint density at radius 3 is 1.62 bits per heavy atom. The predicted octanol–water partition coefficient (Wildman–Crippen LogP) is 8.10. The predicted molar refractivity (Wildman–Crippen MR) is 224 cm³/mol. The molecule has 12 rings (SSSR count). The van der Waals surface area contributed by atoms with Crippen LogP contribution in [0.4, 0.5) is 0 Å². The second-order valence-corrected chi connectivity index (χ2v) is 16.7. The van der Waals surface area contributed by atoms with Crippen molar-refractivity contribution < 1.29 is 18.9 Å². The number of hydrogen-bond donors (Lipinski definition) is 2. The van der Waals surface area contributed by atoms with E-state index in [1.807, 2.05) is 24.3 Å². The Hall–Kier alpha value is -3.87. The van der Waals surface area contributed by atoms with Crippen molar-refractivity contribution in [1.82, 2.24) is 28.9 Å². The number of aromatic nitrogens is 4. The molecule has 2 aliphatic carbocycles. The fourth-order valence-electron chi connectivity index (χ4n) is 10.2. The lowest BCUT2D eigenvalue weighted by molar-refractivity contribution is 0.0739. The van der Waals surface area contributed by atoms with E-state index in [-0.39, 0.29) is 20.5 Å². The summed E-state index contributed by atoms with van der Waals surface area (Å²) in [4.78, 5) is 15.6. The molecule has 4 bridgehead atoms. The van der Waals surface area contributed by atoms with Gasteiger partial charge in [-0.15, -0.1) is 0 Å². The molecule has 4 aromatic heterocycles. The summed E-state index contributed by atoms with van der Waals surface area (Å²) in [6.07, 6.45) is 19.2. The summed E-state index contributed by atoms with van der Waals surface area (Å²) in [5.74, 6) is 3.47. The monoisotopic (exact) mass is 778 g/mol. The first-order valence-electron chi connectivity index (χ1n) is 20.1. The van der Waals surface area contributed by atoms with Crippen molar-refractivity contribution in [1.29, 1.82) is 0 Å². The molecule has 4 unspecified atom stereocenters. The summed E-state index contributed by atoms with van der Waals surface area (Å²) < 4.78 is 15.1. The van der Waals surface area contributed by atoms with Crippen molar-refractivity contribution in [2.75, 3.05) is 0 Å². The molecule has 12 heteroatoms. The zero-order valence-corrected chi connectivity index (χ0v) is 31.4. The molecular formula is C44H56BClN6O4. The van der Waals surface area contributed by atoms with E-state index in [9.17, 15) is 0 Å². The highest BCUT2D eigenvalue weighted by molar-refractivity contribution is 6.56. The highest BCUT2D eigenvalue weighted by Gasteiger charge is 2.44. The molecule has 296 valence electrons. The second kappa shape index (κ2) is 16.2. The minimum Gasteiger partial charge on any atom is -0.473 e. The largest absolute Gasteiger partial charge is 0.526 e. The quantitative estimate of drug-likeness (QED) is 0.173. The fourth-order valence-corrected chi connectivity index (χ4v) is 10.4. The Morgan fingerprint density at radius 1 is 0.607 bits per heavy atom. The zero-order valence-electron chi connectivity index (χ0n) is 30.6. The normalized spacial score (nSPS) is 24.2. The number of furan rings is 2. The van der Waals surface area contributed by atoms with E-state index >= 15 is 0 Å². The number of hydrogen-bond acceptors (Lipinski definition) is 8. The minimum absolute atomic E-state index is 0. The van der Waals surface area contributed by atoms with Gasteiger partial charge >= 0.3 is 7.12 Å². The maximum absolute atomic E-state index is 8.37. The van der Waals surface area contributed by atoms with Gasteiger partial charge in [0.25, 0.3) is 0 Å². The van der Waals surface area contributed by atoms with Crippen molar-refractivity contribution in [3.05, 3.63) is 89.9 Å². The molecule has 2 N–H and O–H groups in total. The highest BCUT2D eigenvalue weighted by atomic mass is 35.5. The van der Waals surface area contributed by atoms with Gasteiger partial charge < -0.3 is 28.0 Å². The summed E-state index contributed by atoms with van der Waals surface area (Å²) in [5.41, 5.74) is 6.01. The lowest BCUT2D eigenvalue weighted by atomic mass is 9.88. The average molecular weight is 779 g/mol. The van der Waals surface area contributed by atoms with E-state index in [1.165, 1.54) is 99.2 Å². The summed E-state index contributed by atoms with van der Waals surface area (Å²) in [6, 6.07) is 24.3. The third-order valence-electron chi connectivity index (χ3n) is 13.2. The lowest BCUT2D eigenvalue weighted by Gasteiger charge is -2.41. The molecule has 0 radical (unpaired) electrons. The number of benzene rings is 2. The molecule has 6 aromatic rings. The molecule has 56 heavy (non-hydrogen) atoms. The number of halogens is 1. The fraction of sp³-hybridized carbons (Fsp3) is 0.500. The van der Waals surface area contributed by atoms with Crippen LogP contribution in [0.1, 0.15) is 90.7 Å². The molecule has 2 saturated carbocycles. The molecule has 6 aliphatic rings. The van der Waals surface area contributed by atoms with Gasteiger partial charge in [-0.3, -0.25) is 9.80 Å². The Morgan fingerprint density at radius 2 is 1.14 bits per heavy atom. The van der Waals surface area contributed by atoms with E-state index in [0.29, 0.717) is 18.1 Å². The third kappa shape index (κ3) is 7.15. The summed E-state index contributed by atoms with van der Waals surface area (Å²) in [7, 11) is -1.48. The zero-order chi connectivity index (χ0) is 36.3. The second-order valence-electron chi connectivity index (χ2n) is 16.2. The smallest absolute Gasteiger partial charge is 0.473 e. The molecule has 4 atom stereocenters. The van der Waals surface area contributed by atoms with Gasteiger partial charge in [0, 0.05) is 72.8 Å². The highest BCUT2D eigenvalue weighted by Crippen LogP contribution is 2.41. The van der Waals surface area contributed by atoms with Crippen LogP contribution >= 0.6 is 11.6 Å². The molecule has 0 amide bonds. The van der Waals surface area contributed by atoms with E-state index in [4.69, 9.17) is 36.0 Å².